The fourth-order valence-electron chi connectivity index (χ4n) is 2.87. The number of carbonyl (C=O) groups excluding carboxylic acids is 2. The fraction of sp³-hybridized carbons (Fsp3) is 0.600. The van der Waals surface area contributed by atoms with E-state index >= 15 is 0 Å². The zero-order valence-electron chi connectivity index (χ0n) is 11.4. The molecule has 2 fully saturated rings. The number of hydrogen-bond donors (Lipinski definition) is 2. The van der Waals surface area contributed by atoms with E-state index < -0.39 is 0 Å². The molecule has 1 aromatic rings. The molecule has 0 bridgehead atoms. The summed E-state index contributed by atoms with van der Waals surface area (Å²) in [5.74, 6) is 0.438. The van der Waals surface area contributed by atoms with Crippen LogP contribution in [0.3, 0.4) is 0 Å². The van der Waals surface area contributed by atoms with Gasteiger partial charge in [-0.2, -0.15) is 0 Å². The van der Waals surface area contributed by atoms with Gasteiger partial charge in [-0.15, -0.1) is 0 Å². The zero-order chi connectivity index (χ0) is 13.9. The third kappa shape index (κ3) is 3.03. The fourth-order valence-corrected chi connectivity index (χ4v) is 2.87. The van der Waals surface area contributed by atoms with E-state index in [9.17, 15) is 9.59 Å². The number of carbonyl (C=O) groups is 2. The Morgan fingerprint density at radius 2 is 1.95 bits per heavy atom. The lowest BCUT2D eigenvalue weighted by Gasteiger charge is -2.11. The molecular weight excluding hydrogens is 256 g/mol. The van der Waals surface area contributed by atoms with Gasteiger partial charge in [0, 0.05) is 6.04 Å². The first kappa shape index (κ1) is 13.2. The van der Waals surface area contributed by atoms with E-state index in [4.69, 9.17) is 4.42 Å². The second-order valence-corrected chi connectivity index (χ2v) is 5.74. The van der Waals surface area contributed by atoms with Gasteiger partial charge in [-0.1, -0.05) is 12.8 Å². The van der Waals surface area contributed by atoms with E-state index in [0.29, 0.717) is 19.0 Å². The van der Waals surface area contributed by atoms with Crippen molar-refractivity contribution in [2.24, 2.45) is 11.8 Å². The molecule has 5 heteroatoms. The van der Waals surface area contributed by atoms with Gasteiger partial charge in [0.05, 0.1) is 24.6 Å². The Labute approximate surface area is 118 Å². The molecular formula is C15H20N2O3. The molecule has 0 saturated heterocycles. The Kier molecular flexibility index (Phi) is 3.76. The zero-order valence-corrected chi connectivity index (χ0v) is 11.4. The summed E-state index contributed by atoms with van der Waals surface area (Å²) >= 11 is 0. The third-order valence-corrected chi connectivity index (χ3v) is 4.18. The molecule has 2 atom stereocenters. The van der Waals surface area contributed by atoms with Crippen LogP contribution in [0.1, 0.15) is 37.9 Å². The highest BCUT2D eigenvalue weighted by molar-refractivity contribution is 5.92. The van der Waals surface area contributed by atoms with Crippen molar-refractivity contribution in [1.82, 2.24) is 10.6 Å². The monoisotopic (exact) mass is 276 g/mol. The molecule has 2 N–H and O–H groups in total. The topological polar surface area (TPSA) is 71.3 Å². The minimum absolute atomic E-state index is 0.0482. The van der Waals surface area contributed by atoms with Crippen molar-refractivity contribution in [3.63, 3.8) is 0 Å². The standard InChI is InChI=1S/C15H20N2O3/c18-14(16-9-11-6-3-7-20-11)12-8-13(12)15(19)17-10-4-1-2-5-10/h3,6-7,10,12-13H,1-2,4-5,8-9H2,(H,16,18)(H,17,19). The minimum Gasteiger partial charge on any atom is -0.467 e. The lowest BCUT2D eigenvalue weighted by molar-refractivity contribution is -0.127. The van der Waals surface area contributed by atoms with E-state index in [2.05, 4.69) is 10.6 Å². The summed E-state index contributed by atoms with van der Waals surface area (Å²) in [7, 11) is 0. The van der Waals surface area contributed by atoms with Crippen molar-refractivity contribution in [2.45, 2.75) is 44.7 Å². The van der Waals surface area contributed by atoms with E-state index in [1.165, 1.54) is 12.8 Å². The van der Waals surface area contributed by atoms with E-state index in [0.717, 1.165) is 18.6 Å². The van der Waals surface area contributed by atoms with Crippen molar-refractivity contribution in [1.29, 1.82) is 0 Å². The van der Waals surface area contributed by atoms with Gasteiger partial charge < -0.3 is 15.1 Å². The summed E-state index contributed by atoms with van der Waals surface area (Å²) in [5, 5.41) is 5.87. The summed E-state index contributed by atoms with van der Waals surface area (Å²) in [6.45, 7) is 0.388. The average Bonchev–Trinajstić information content (AvgIpc) is 2.85. The first-order valence-electron chi connectivity index (χ1n) is 7.34. The quantitative estimate of drug-likeness (QED) is 0.858. The summed E-state index contributed by atoms with van der Waals surface area (Å²) in [4.78, 5) is 23.9. The van der Waals surface area contributed by atoms with Crippen molar-refractivity contribution < 1.29 is 14.0 Å². The third-order valence-electron chi connectivity index (χ3n) is 4.18. The van der Waals surface area contributed by atoms with Crippen LogP contribution < -0.4 is 10.6 Å². The number of hydrogen-bond acceptors (Lipinski definition) is 3. The van der Waals surface area contributed by atoms with E-state index in [1.807, 2.05) is 6.07 Å². The Morgan fingerprint density at radius 3 is 2.65 bits per heavy atom. The highest BCUT2D eigenvalue weighted by Crippen LogP contribution is 2.39. The number of nitrogens with one attached hydrogen (secondary N) is 2. The Morgan fingerprint density at radius 1 is 1.20 bits per heavy atom. The normalized spacial score (nSPS) is 25.4. The molecule has 2 aliphatic carbocycles. The van der Waals surface area contributed by atoms with Gasteiger partial charge in [0.25, 0.3) is 0 Å². The molecule has 108 valence electrons. The molecule has 0 radical (unpaired) electrons. The second kappa shape index (κ2) is 5.69. The molecule has 2 unspecified atom stereocenters. The minimum atomic E-state index is -0.161. The molecule has 2 aliphatic rings. The van der Waals surface area contributed by atoms with Gasteiger partial charge in [-0.05, 0) is 31.4 Å². The smallest absolute Gasteiger partial charge is 0.224 e. The highest BCUT2D eigenvalue weighted by Gasteiger charge is 2.48. The molecule has 20 heavy (non-hydrogen) atoms. The predicted molar refractivity (Wildman–Crippen MR) is 72.6 cm³/mol. The number of rotatable bonds is 5. The Hall–Kier alpha value is -1.78. The Bertz CT molecular complexity index is 477. The van der Waals surface area contributed by atoms with Crippen LogP contribution in [0.5, 0.6) is 0 Å². The van der Waals surface area contributed by atoms with Crippen LogP contribution in [-0.2, 0) is 16.1 Å². The van der Waals surface area contributed by atoms with Gasteiger partial charge in [-0.3, -0.25) is 9.59 Å². The van der Waals surface area contributed by atoms with Crippen molar-refractivity contribution in [2.75, 3.05) is 0 Å². The lowest BCUT2D eigenvalue weighted by atomic mass is 10.2. The van der Waals surface area contributed by atoms with Crippen LogP contribution in [0.2, 0.25) is 0 Å². The number of furan rings is 1. The van der Waals surface area contributed by atoms with E-state index in [1.54, 1.807) is 12.3 Å². The van der Waals surface area contributed by atoms with Crippen LogP contribution in [0.15, 0.2) is 22.8 Å². The average molecular weight is 276 g/mol. The molecule has 3 rings (SSSR count). The van der Waals surface area contributed by atoms with Crippen LogP contribution in [-0.4, -0.2) is 17.9 Å². The van der Waals surface area contributed by atoms with Gasteiger partial charge in [-0.25, -0.2) is 0 Å². The highest BCUT2D eigenvalue weighted by atomic mass is 16.3. The van der Waals surface area contributed by atoms with Gasteiger partial charge >= 0.3 is 0 Å². The van der Waals surface area contributed by atoms with Crippen LogP contribution in [0.25, 0.3) is 0 Å². The SMILES string of the molecule is O=C(NCc1ccco1)C1CC1C(=O)NC1CCCC1. The van der Waals surface area contributed by atoms with Gasteiger partial charge in [0.15, 0.2) is 0 Å². The maximum atomic E-state index is 12.0. The molecule has 2 amide bonds. The van der Waals surface area contributed by atoms with Crippen molar-refractivity contribution in [3.05, 3.63) is 24.2 Å². The van der Waals surface area contributed by atoms with Crippen LogP contribution in [0, 0.1) is 11.8 Å². The van der Waals surface area contributed by atoms with Crippen LogP contribution in [0.4, 0.5) is 0 Å². The molecule has 1 heterocycles. The first-order chi connectivity index (χ1) is 9.74. The molecule has 0 aromatic carbocycles. The van der Waals surface area contributed by atoms with Crippen LogP contribution >= 0.6 is 0 Å². The molecule has 5 nitrogen and oxygen atoms in total. The van der Waals surface area contributed by atoms with E-state index in [-0.39, 0.29) is 23.7 Å². The Balaban J connectivity index is 1.41. The molecule has 0 spiro atoms. The van der Waals surface area contributed by atoms with Crippen molar-refractivity contribution >= 4 is 11.8 Å². The largest absolute Gasteiger partial charge is 0.467 e. The predicted octanol–water partition coefficient (Wildman–Crippen LogP) is 1.59. The molecule has 0 aliphatic heterocycles. The lowest BCUT2D eigenvalue weighted by Crippen LogP contribution is -2.35. The summed E-state index contributed by atoms with van der Waals surface area (Å²) in [6.07, 6.45) is 6.80. The maximum absolute atomic E-state index is 12.0. The molecule has 2 saturated carbocycles. The van der Waals surface area contributed by atoms with Gasteiger partial charge in [0.2, 0.25) is 11.8 Å². The van der Waals surface area contributed by atoms with Gasteiger partial charge in [0.1, 0.15) is 5.76 Å². The number of amides is 2. The molecule has 1 aromatic heterocycles. The van der Waals surface area contributed by atoms with Crippen molar-refractivity contribution in [3.8, 4) is 0 Å². The summed E-state index contributed by atoms with van der Waals surface area (Å²) in [6, 6.07) is 3.93. The maximum Gasteiger partial charge on any atom is 0.224 e. The second-order valence-electron chi connectivity index (χ2n) is 5.74. The summed E-state index contributed by atoms with van der Waals surface area (Å²) in [5.41, 5.74) is 0. The first-order valence-corrected chi connectivity index (χ1v) is 7.34. The summed E-state index contributed by atoms with van der Waals surface area (Å²) < 4.78 is 5.15.